The Kier molecular flexibility index (Phi) is 4.77. The molecule has 2 aromatic rings. The van der Waals surface area contributed by atoms with Gasteiger partial charge >= 0.3 is 6.03 Å². The van der Waals surface area contributed by atoms with Gasteiger partial charge in [0.2, 0.25) is 0 Å². The van der Waals surface area contributed by atoms with E-state index in [1.54, 1.807) is 27.8 Å². The van der Waals surface area contributed by atoms with Gasteiger partial charge in [-0.1, -0.05) is 12.1 Å². The molecule has 1 aromatic heterocycles. The van der Waals surface area contributed by atoms with Crippen LogP contribution in [0.5, 0.6) is 0 Å². The lowest BCUT2D eigenvalue weighted by Gasteiger charge is -2.27. The molecule has 0 saturated heterocycles. The highest BCUT2D eigenvalue weighted by Crippen LogP contribution is 2.18. The van der Waals surface area contributed by atoms with Gasteiger partial charge in [0.05, 0.1) is 31.1 Å². The van der Waals surface area contributed by atoms with Crippen molar-refractivity contribution in [2.45, 2.75) is 25.7 Å². The molecule has 2 amide bonds. The zero-order valence-corrected chi connectivity index (χ0v) is 13.0. The predicted octanol–water partition coefficient (Wildman–Crippen LogP) is 0.773. The van der Waals surface area contributed by atoms with Crippen LogP contribution in [0.2, 0.25) is 0 Å². The lowest BCUT2D eigenvalue weighted by molar-refractivity contribution is 0.0915. The highest BCUT2D eigenvalue weighted by molar-refractivity contribution is 5.74. The fraction of sp³-hybridized carbons (Fsp3) is 0.375. The zero-order chi connectivity index (χ0) is 17.1. The van der Waals surface area contributed by atoms with Gasteiger partial charge in [0.25, 0.3) is 0 Å². The lowest BCUT2D eigenvalue weighted by Crippen LogP contribution is -2.43. The molecule has 0 saturated carbocycles. The number of urea groups is 1. The van der Waals surface area contributed by atoms with Gasteiger partial charge in [0.15, 0.2) is 0 Å². The fourth-order valence-electron chi connectivity index (χ4n) is 2.65. The van der Waals surface area contributed by atoms with Crippen molar-refractivity contribution in [3.05, 3.63) is 53.1 Å². The normalized spacial score (nSPS) is 15.0. The van der Waals surface area contributed by atoms with Crippen LogP contribution in [-0.4, -0.2) is 44.1 Å². The molecule has 2 heterocycles. The molecule has 1 aliphatic rings. The third-order valence-corrected chi connectivity index (χ3v) is 3.95. The lowest BCUT2D eigenvalue weighted by atomic mass is 10.2. The molecule has 1 aliphatic heterocycles. The van der Waals surface area contributed by atoms with Crippen LogP contribution in [0, 0.1) is 5.82 Å². The summed E-state index contributed by atoms with van der Waals surface area (Å²) in [5.41, 5.74) is 1.89. The number of fused-ring (bicyclic) bond motifs is 1. The first kappa shape index (κ1) is 16.4. The van der Waals surface area contributed by atoms with Crippen molar-refractivity contribution in [3.8, 4) is 0 Å². The fourth-order valence-corrected chi connectivity index (χ4v) is 2.65. The van der Waals surface area contributed by atoms with Crippen molar-refractivity contribution in [1.82, 2.24) is 20.0 Å². The Bertz CT molecular complexity index is 734. The van der Waals surface area contributed by atoms with Crippen LogP contribution in [0.3, 0.4) is 0 Å². The number of hydrogen-bond acceptors (Lipinski definition) is 4. The Labute approximate surface area is 138 Å². The van der Waals surface area contributed by atoms with E-state index in [1.165, 1.54) is 12.1 Å². The number of aromatic nitrogens is 2. The number of carbonyl (C=O) groups is 1. The standard InChI is InChI=1S/C16H19FN4O3/c17-12-3-1-2-11(6-12)8-18-16(24)20-4-5-21-13(9-20)7-14(19-21)15(23)10-22/h1-3,6-7,15,22-23H,4-5,8-10H2,(H,18,24)/t15-/m0/s1. The Morgan fingerprint density at radius 2 is 2.21 bits per heavy atom. The summed E-state index contributed by atoms with van der Waals surface area (Å²) in [4.78, 5) is 13.9. The van der Waals surface area contributed by atoms with Crippen LogP contribution >= 0.6 is 0 Å². The van der Waals surface area contributed by atoms with E-state index in [2.05, 4.69) is 10.4 Å². The Morgan fingerprint density at radius 3 is 2.96 bits per heavy atom. The van der Waals surface area contributed by atoms with Gasteiger partial charge in [-0.2, -0.15) is 5.10 Å². The van der Waals surface area contributed by atoms with Gasteiger partial charge in [0, 0.05) is 13.1 Å². The second-order valence-electron chi connectivity index (χ2n) is 5.69. The molecular weight excluding hydrogens is 315 g/mol. The Morgan fingerprint density at radius 1 is 1.38 bits per heavy atom. The second-order valence-corrected chi connectivity index (χ2v) is 5.69. The SMILES string of the molecule is O=C(NCc1cccc(F)c1)N1CCn2nc([C@@H](O)CO)cc2C1. The first-order valence-corrected chi connectivity index (χ1v) is 7.69. The molecule has 0 unspecified atom stereocenters. The van der Waals surface area contributed by atoms with E-state index in [0.717, 1.165) is 5.69 Å². The van der Waals surface area contributed by atoms with Crippen LogP contribution in [0.4, 0.5) is 9.18 Å². The summed E-state index contributed by atoms with van der Waals surface area (Å²) in [6.07, 6.45) is -1.02. The average molecular weight is 334 g/mol. The number of rotatable bonds is 4. The topological polar surface area (TPSA) is 90.6 Å². The van der Waals surface area contributed by atoms with Crippen molar-refractivity contribution in [3.63, 3.8) is 0 Å². The minimum atomic E-state index is -1.02. The number of nitrogens with one attached hydrogen (secondary N) is 1. The quantitative estimate of drug-likeness (QED) is 0.770. The molecule has 1 aromatic carbocycles. The third-order valence-electron chi connectivity index (χ3n) is 3.95. The molecule has 7 nitrogen and oxygen atoms in total. The largest absolute Gasteiger partial charge is 0.393 e. The van der Waals surface area contributed by atoms with Crippen molar-refractivity contribution in [1.29, 1.82) is 0 Å². The molecule has 128 valence electrons. The van der Waals surface area contributed by atoms with E-state index < -0.39 is 12.7 Å². The summed E-state index contributed by atoms with van der Waals surface area (Å²) in [6.45, 7) is 1.22. The number of carbonyl (C=O) groups excluding carboxylic acids is 1. The average Bonchev–Trinajstić information content (AvgIpc) is 3.02. The molecule has 0 fully saturated rings. The van der Waals surface area contributed by atoms with Crippen molar-refractivity contribution in [2.24, 2.45) is 0 Å². The minimum Gasteiger partial charge on any atom is -0.393 e. The summed E-state index contributed by atoms with van der Waals surface area (Å²) >= 11 is 0. The first-order valence-electron chi connectivity index (χ1n) is 7.69. The maximum atomic E-state index is 13.1. The van der Waals surface area contributed by atoms with Gasteiger partial charge in [-0.05, 0) is 23.8 Å². The molecule has 0 aliphatic carbocycles. The number of aliphatic hydroxyl groups is 2. The number of nitrogens with zero attached hydrogens (tertiary/aromatic N) is 3. The van der Waals surface area contributed by atoms with Crippen LogP contribution in [0.15, 0.2) is 30.3 Å². The maximum Gasteiger partial charge on any atom is 0.318 e. The molecule has 1 atom stereocenters. The van der Waals surface area contributed by atoms with E-state index in [1.807, 2.05) is 0 Å². The molecule has 0 bridgehead atoms. The highest BCUT2D eigenvalue weighted by atomic mass is 19.1. The molecule has 0 spiro atoms. The smallest absolute Gasteiger partial charge is 0.318 e. The summed E-state index contributed by atoms with van der Waals surface area (Å²) in [5, 5.41) is 25.6. The second kappa shape index (κ2) is 6.98. The number of amides is 2. The molecule has 8 heteroatoms. The maximum absolute atomic E-state index is 13.1. The van der Waals surface area contributed by atoms with Crippen LogP contribution in [0.1, 0.15) is 23.1 Å². The summed E-state index contributed by atoms with van der Waals surface area (Å²) < 4.78 is 14.9. The van der Waals surface area contributed by atoms with Gasteiger partial charge in [-0.25, -0.2) is 9.18 Å². The summed E-state index contributed by atoms with van der Waals surface area (Å²) in [5.74, 6) is -0.335. The van der Waals surface area contributed by atoms with Crippen molar-refractivity contribution >= 4 is 6.03 Å². The first-order chi connectivity index (χ1) is 11.6. The van der Waals surface area contributed by atoms with E-state index >= 15 is 0 Å². The van der Waals surface area contributed by atoms with Gasteiger partial charge in [0.1, 0.15) is 11.9 Å². The van der Waals surface area contributed by atoms with Gasteiger partial charge in [-0.3, -0.25) is 4.68 Å². The molecule has 24 heavy (non-hydrogen) atoms. The van der Waals surface area contributed by atoms with E-state index in [0.29, 0.717) is 30.9 Å². The van der Waals surface area contributed by atoms with E-state index in [9.17, 15) is 14.3 Å². The van der Waals surface area contributed by atoms with Gasteiger partial charge in [-0.15, -0.1) is 0 Å². The van der Waals surface area contributed by atoms with Crippen molar-refractivity contribution in [2.75, 3.05) is 13.2 Å². The number of hydrogen-bond donors (Lipinski definition) is 3. The van der Waals surface area contributed by atoms with Crippen molar-refractivity contribution < 1.29 is 19.4 Å². The van der Waals surface area contributed by atoms with E-state index in [4.69, 9.17) is 5.11 Å². The van der Waals surface area contributed by atoms with Crippen LogP contribution in [-0.2, 0) is 19.6 Å². The predicted molar refractivity (Wildman–Crippen MR) is 83.3 cm³/mol. The monoisotopic (exact) mass is 334 g/mol. The van der Waals surface area contributed by atoms with Crippen LogP contribution < -0.4 is 5.32 Å². The molecule has 3 rings (SSSR count). The Hall–Kier alpha value is -2.45. The van der Waals surface area contributed by atoms with Crippen LogP contribution in [0.25, 0.3) is 0 Å². The number of halogens is 1. The van der Waals surface area contributed by atoms with Gasteiger partial charge < -0.3 is 20.4 Å². The third kappa shape index (κ3) is 3.55. The number of aliphatic hydroxyl groups excluding tert-OH is 2. The molecule has 0 radical (unpaired) electrons. The minimum absolute atomic E-state index is 0.240. The highest BCUT2D eigenvalue weighted by Gasteiger charge is 2.23. The Balaban J connectivity index is 1.60. The summed E-state index contributed by atoms with van der Waals surface area (Å²) in [7, 11) is 0. The zero-order valence-electron chi connectivity index (χ0n) is 13.0. The molecular formula is C16H19FN4O3. The summed E-state index contributed by atoms with van der Waals surface area (Å²) in [6, 6.07) is 7.54. The number of benzene rings is 1. The molecule has 3 N–H and O–H groups in total. The van der Waals surface area contributed by atoms with E-state index in [-0.39, 0.29) is 18.4 Å².